The van der Waals surface area contributed by atoms with Crippen molar-refractivity contribution in [3.8, 4) is 10.6 Å². The van der Waals surface area contributed by atoms with Gasteiger partial charge in [0.1, 0.15) is 0 Å². The van der Waals surface area contributed by atoms with Crippen LogP contribution in [0.1, 0.15) is 41.6 Å². The van der Waals surface area contributed by atoms with E-state index in [-0.39, 0.29) is 24.0 Å². The first-order valence-electron chi connectivity index (χ1n) is 10.9. The number of benzene rings is 1. The molecule has 2 amide bonds. The highest BCUT2D eigenvalue weighted by atomic mass is 32.1. The molecule has 0 saturated carbocycles. The van der Waals surface area contributed by atoms with Crippen molar-refractivity contribution in [1.82, 2.24) is 15.2 Å². The first-order valence-corrected chi connectivity index (χ1v) is 12.6. The lowest BCUT2D eigenvalue weighted by Crippen LogP contribution is -2.44. The van der Waals surface area contributed by atoms with E-state index >= 15 is 0 Å². The van der Waals surface area contributed by atoms with E-state index in [0.29, 0.717) is 17.2 Å². The van der Waals surface area contributed by atoms with Crippen LogP contribution >= 0.6 is 22.7 Å². The number of carbonyl (C=O) groups excluding carboxylic acids is 2. The van der Waals surface area contributed by atoms with Crippen molar-refractivity contribution >= 4 is 39.6 Å². The first kappa shape index (κ1) is 23.6. The maximum Gasteiger partial charge on any atom is 0.257 e. The van der Waals surface area contributed by atoms with Gasteiger partial charge in [-0.3, -0.25) is 19.8 Å². The van der Waals surface area contributed by atoms with E-state index in [0.717, 1.165) is 35.1 Å². The van der Waals surface area contributed by atoms with Gasteiger partial charge in [0.15, 0.2) is 5.13 Å². The van der Waals surface area contributed by atoms with Crippen LogP contribution in [0.15, 0.2) is 41.8 Å². The second-order valence-electron chi connectivity index (χ2n) is 8.32. The summed E-state index contributed by atoms with van der Waals surface area (Å²) in [5.74, 6) is -0.226. The lowest BCUT2D eigenvalue weighted by atomic mass is 10.1. The molecule has 3 heterocycles. The normalized spacial score (nSPS) is 18.8. The number of thiazole rings is 1. The molecule has 174 valence electrons. The molecule has 1 aliphatic rings. The molecule has 1 aliphatic heterocycles. The number of aromatic nitrogens is 1. The van der Waals surface area contributed by atoms with Crippen LogP contribution in [0, 0.1) is 0 Å². The standard InChI is InChI=1S/C24H28N4O3S2/c1-15-11-28(12-16(2)31-15)13-18-4-6-19(7-5-18)23(30)27-24-26-21(14-32-24)22-9-8-20(33-22)10-25-17(3)29/h4-9,14-16H,10-13H2,1-3H3,(H,25,29)(H,26,27,30). The molecule has 1 fully saturated rings. The fraction of sp³-hybridized carbons (Fsp3) is 0.375. The van der Waals surface area contributed by atoms with Crippen molar-refractivity contribution < 1.29 is 14.3 Å². The molecular weight excluding hydrogens is 456 g/mol. The van der Waals surface area contributed by atoms with Crippen LogP contribution in [0.5, 0.6) is 0 Å². The van der Waals surface area contributed by atoms with E-state index in [1.54, 1.807) is 11.3 Å². The number of amides is 2. The summed E-state index contributed by atoms with van der Waals surface area (Å²) in [4.78, 5) is 32.8. The maximum absolute atomic E-state index is 12.7. The average Bonchev–Trinajstić information content (AvgIpc) is 3.41. The van der Waals surface area contributed by atoms with Crippen LogP contribution in [0.4, 0.5) is 5.13 Å². The Kier molecular flexibility index (Phi) is 7.54. The number of anilines is 1. The Hall–Kier alpha value is -2.59. The van der Waals surface area contributed by atoms with Crippen molar-refractivity contribution in [2.45, 2.75) is 46.1 Å². The van der Waals surface area contributed by atoms with Crippen molar-refractivity contribution in [1.29, 1.82) is 0 Å². The topological polar surface area (TPSA) is 83.6 Å². The highest BCUT2D eigenvalue weighted by Gasteiger charge is 2.22. The zero-order valence-electron chi connectivity index (χ0n) is 19.0. The Labute approximate surface area is 201 Å². The van der Waals surface area contributed by atoms with Gasteiger partial charge < -0.3 is 10.1 Å². The second kappa shape index (κ2) is 10.6. The number of ether oxygens (including phenoxy) is 1. The third-order valence-corrected chi connectivity index (χ3v) is 7.13. The summed E-state index contributed by atoms with van der Waals surface area (Å²) in [6.07, 6.45) is 0.472. The van der Waals surface area contributed by atoms with Gasteiger partial charge >= 0.3 is 0 Å². The summed E-state index contributed by atoms with van der Waals surface area (Å²) < 4.78 is 5.80. The molecule has 3 aromatic rings. The first-order chi connectivity index (χ1) is 15.9. The molecular formula is C24H28N4O3S2. The SMILES string of the molecule is CC(=O)NCc1ccc(-c2csc(NC(=O)c3ccc(CN4CC(C)OC(C)C4)cc3)n2)s1. The summed E-state index contributed by atoms with van der Waals surface area (Å²) >= 11 is 2.97. The molecule has 0 aliphatic carbocycles. The Morgan fingerprint density at radius 3 is 2.55 bits per heavy atom. The summed E-state index contributed by atoms with van der Waals surface area (Å²) in [6.45, 7) is 8.89. The van der Waals surface area contributed by atoms with Gasteiger partial charge in [-0.25, -0.2) is 4.98 Å². The Morgan fingerprint density at radius 2 is 1.85 bits per heavy atom. The molecule has 0 bridgehead atoms. The van der Waals surface area contributed by atoms with Gasteiger partial charge in [-0.1, -0.05) is 12.1 Å². The molecule has 0 radical (unpaired) electrons. The Balaban J connectivity index is 1.33. The van der Waals surface area contributed by atoms with Crippen molar-refractivity contribution in [2.75, 3.05) is 18.4 Å². The van der Waals surface area contributed by atoms with E-state index in [1.807, 2.05) is 41.8 Å². The molecule has 1 aromatic carbocycles. The minimum absolute atomic E-state index is 0.0538. The summed E-state index contributed by atoms with van der Waals surface area (Å²) in [5.41, 5.74) is 2.60. The van der Waals surface area contributed by atoms with Crippen molar-refractivity contribution in [2.24, 2.45) is 0 Å². The quantitative estimate of drug-likeness (QED) is 0.520. The van der Waals surface area contributed by atoms with E-state index in [1.165, 1.54) is 23.8 Å². The molecule has 7 nitrogen and oxygen atoms in total. The monoisotopic (exact) mass is 484 g/mol. The second-order valence-corrected chi connectivity index (χ2v) is 10.3. The predicted molar refractivity (Wildman–Crippen MR) is 133 cm³/mol. The fourth-order valence-corrected chi connectivity index (χ4v) is 5.56. The smallest absolute Gasteiger partial charge is 0.257 e. The van der Waals surface area contributed by atoms with Gasteiger partial charge in [0.25, 0.3) is 5.91 Å². The van der Waals surface area contributed by atoms with E-state index in [4.69, 9.17) is 4.74 Å². The van der Waals surface area contributed by atoms with Crippen molar-refractivity contribution in [3.63, 3.8) is 0 Å². The van der Waals surface area contributed by atoms with Gasteiger partial charge in [0.2, 0.25) is 5.91 Å². The van der Waals surface area contributed by atoms with Gasteiger partial charge in [-0.05, 0) is 43.7 Å². The number of thiophene rings is 1. The number of nitrogens with one attached hydrogen (secondary N) is 2. The average molecular weight is 485 g/mol. The van der Waals surface area contributed by atoms with E-state index in [9.17, 15) is 9.59 Å². The van der Waals surface area contributed by atoms with Gasteiger partial charge in [-0.2, -0.15) is 0 Å². The minimum Gasteiger partial charge on any atom is -0.373 e. The van der Waals surface area contributed by atoms with Gasteiger partial charge in [0, 0.05) is 42.4 Å². The molecule has 2 atom stereocenters. The van der Waals surface area contributed by atoms with Crippen molar-refractivity contribution in [3.05, 3.63) is 57.8 Å². The fourth-order valence-electron chi connectivity index (χ4n) is 3.87. The van der Waals surface area contributed by atoms with E-state index in [2.05, 4.69) is 34.4 Å². The summed E-state index contributed by atoms with van der Waals surface area (Å²) in [5, 5.41) is 8.18. The Morgan fingerprint density at radius 1 is 1.12 bits per heavy atom. The number of morpholine rings is 1. The highest BCUT2D eigenvalue weighted by Crippen LogP contribution is 2.31. The van der Waals surface area contributed by atoms with Crippen LogP contribution in [0.2, 0.25) is 0 Å². The minimum atomic E-state index is -0.173. The van der Waals surface area contributed by atoms with Crippen LogP contribution in [0.3, 0.4) is 0 Å². The number of carbonyl (C=O) groups is 2. The summed E-state index contributed by atoms with van der Waals surface area (Å²) in [6, 6.07) is 11.7. The molecule has 2 unspecified atom stereocenters. The van der Waals surface area contributed by atoms with Gasteiger partial charge in [-0.15, -0.1) is 22.7 Å². The molecule has 9 heteroatoms. The summed E-state index contributed by atoms with van der Waals surface area (Å²) in [7, 11) is 0. The zero-order valence-corrected chi connectivity index (χ0v) is 20.6. The third kappa shape index (κ3) is 6.48. The highest BCUT2D eigenvalue weighted by molar-refractivity contribution is 7.17. The van der Waals surface area contributed by atoms with Gasteiger partial charge in [0.05, 0.1) is 29.3 Å². The maximum atomic E-state index is 12.7. The molecule has 2 N–H and O–H groups in total. The van der Waals surface area contributed by atoms with Crippen LogP contribution in [-0.4, -0.2) is 47.0 Å². The molecule has 1 saturated heterocycles. The Bertz CT molecular complexity index is 1100. The number of rotatable bonds is 7. The lowest BCUT2D eigenvalue weighted by Gasteiger charge is -2.35. The molecule has 2 aromatic heterocycles. The number of hydrogen-bond donors (Lipinski definition) is 2. The predicted octanol–water partition coefficient (Wildman–Crippen LogP) is 4.37. The zero-order chi connectivity index (χ0) is 23.4. The largest absolute Gasteiger partial charge is 0.373 e. The lowest BCUT2D eigenvalue weighted by molar-refractivity contribution is -0.119. The molecule has 4 rings (SSSR count). The molecule has 0 spiro atoms. The van der Waals surface area contributed by atoms with E-state index < -0.39 is 0 Å². The third-order valence-electron chi connectivity index (χ3n) is 5.27. The van der Waals surface area contributed by atoms with Crippen LogP contribution in [-0.2, 0) is 22.6 Å². The van der Waals surface area contributed by atoms with Crippen LogP contribution < -0.4 is 10.6 Å². The molecule has 33 heavy (non-hydrogen) atoms. The number of nitrogens with zero attached hydrogens (tertiary/aromatic N) is 2. The number of hydrogen-bond acceptors (Lipinski definition) is 7. The van der Waals surface area contributed by atoms with Crippen LogP contribution in [0.25, 0.3) is 10.6 Å².